The third-order valence-corrected chi connectivity index (χ3v) is 3.57. The van der Waals surface area contributed by atoms with Gasteiger partial charge in [-0.3, -0.25) is 0 Å². The summed E-state index contributed by atoms with van der Waals surface area (Å²) in [5.41, 5.74) is 6.76. The molecule has 1 heterocycles. The largest absolute Gasteiger partial charge is 0.371 e. The summed E-state index contributed by atoms with van der Waals surface area (Å²) in [6, 6.07) is 4.26. The van der Waals surface area contributed by atoms with Gasteiger partial charge in [0.1, 0.15) is 0 Å². The van der Waals surface area contributed by atoms with E-state index in [-0.39, 0.29) is 6.04 Å². The van der Waals surface area contributed by atoms with E-state index in [0.29, 0.717) is 5.92 Å². The summed E-state index contributed by atoms with van der Waals surface area (Å²) < 4.78 is 26.0. The van der Waals surface area contributed by atoms with Crippen LogP contribution in [0.15, 0.2) is 18.2 Å². The molecule has 0 bridgehead atoms. The van der Waals surface area contributed by atoms with Gasteiger partial charge in [-0.25, -0.2) is 8.78 Å². The number of hydrogen-bond donors (Lipinski definition) is 1. The van der Waals surface area contributed by atoms with Gasteiger partial charge in [0.2, 0.25) is 0 Å². The molecule has 1 aliphatic heterocycles. The van der Waals surface area contributed by atoms with Crippen molar-refractivity contribution >= 4 is 5.69 Å². The Hall–Kier alpha value is -1.16. The summed E-state index contributed by atoms with van der Waals surface area (Å²) in [5.74, 6) is -1.13. The maximum absolute atomic E-state index is 13.1. The van der Waals surface area contributed by atoms with Crippen LogP contribution in [0.5, 0.6) is 0 Å². The lowest BCUT2D eigenvalue weighted by Gasteiger charge is -2.21. The average Bonchev–Trinajstić information content (AvgIpc) is 2.81. The highest BCUT2D eigenvalue weighted by Crippen LogP contribution is 2.27. The van der Waals surface area contributed by atoms with Gasteiger partial charge < -0.3 is 10.6 Å². The number of anilines is 1. The van der Waals surface area contributed by atoms with Crippen molar-refractivity contribution in [3.8, 4) is 0 Å². The maximum Gasteiger partial charge on any atom is 0.160 e. The van der Waals surface area contributed by atoms with Gasteiger partial charge in [-0.15, -0.1) is 0 Å². The fraction of sp³-hybridized carbons (Fsp3) is 0.538. The molecule has 0 aliphatic carbocycles. The number of hydrogen-bond acceptors (Lipinski definition) is 2. The quantitative estimate of drug-likeness (QED) is 0.879. The van der Waals surface area contributed by atoms with Crippen molar-refractivity contribution in [3.05, 3.63) is 29.8 Å². The van der Waals surface area contributed by atoms with Crippen molar-refractivity contribution in [3.63, 3.8) is 0 Å². The van der Waals surface area contributed by atoms with Crippen LogP contribution in [0, 0.1) is 17.6 Å². The second-order valence-corrected chi connectivity index (χ2v) is 4.67. The van der Waals surface area contributed by atoms with Crippen LogP contribution in [0.2, 0.25) is 0 Å². The van der Waals surface area contributed by atoms with E-state index >= 15 is 0 Å². The number of halogens is 2. The molecule has 2 rings (SSSR count). The van der Waals surface area contributed by atoms with Crippen molar-refractivity contribution in [1.82, 2.24) is 0 Å². The van der Waals surface area contributed by atoms with E-state index in [0.717, 1.165) is 31.6 Å². The summed E-state index contributed by atoms with van der Waals surface area (Å²) in [6.45, 7) is 3.77. The van der Waals surface area contributed by atoms with E-state index in [1.54, 1.807) is 6.07 Å². The fourth-order valence-corrected chi connectivity index (χ4v) is 2.39. The van der Waals surface area contributed by atoms with E-state index in [1.165, 1.54) is 12.1 Å². The monoisotopic (exact) mass is 240 g/mol. The molecule has 2 unspecified atom stereocenters. The van der Waals surface area contributed by atoms with E-state index in [4.69, 9.17) is 5.73 Å². The standard InChI is InChI=1S/C13H18F2N2/c1-2-13(16)9-5-6-17(8-9)10-3-4-11(14)12(15)7-10/h3-4,7,9,13H,2,5-6,8,16H2,1H3. The van der Waals surface area contributed by atoms with E-state index < -0.39 is 11.6 Å². The number of nitrogens with zero attached hydrogens (tertiary/aromatic N) is 1. The van der Waals surface area contributed by atoms with Crippen molar-refractivity contribution in [2.75, 3.05) is 18.0 Å². The fourth-order valence-electron chi connectivity index (χ4n) is 2.39. The first kappa shape index (κ1) is 12.3. The molecule has 0 aromatic heterocycles. The van der Waals surface area contributed by atoms with Crippen molar-refractivity contribution in [2.24, 2.45) is 11.7 Å². The molecule has 1 aromatic carbocycles. The van der Waals surface area contributed by atoms with Crippen LogP contribution in [0.3, 0.4) is 0 Å². The lowest BCUT2D eigenvalue weighted by atomic mass is 9.98. The molecule has 0 radical (unpaired) electrons. The predicted molar refractivity (Wildman–Crippen MR) is 64.9 cm³/mol. The molecule has 94 valence electrons. The second kappa shape index (κ2) is 5.00. The minimum absolute atomic E-state index is 0.199. The summed E-state index contributed by atoms with van der Waals surface area (Å²) in [5, 5.41) is 0. The zero-order chi connectivity index (χ0) is 12.4. The number of benzene rings is 1. The van der Waals surface area contributed by atoms with Gasteiger partial charge in [-0.1, -0.05) is 6.92 Å². The highest BCUT2D eigenvalue weighted by Gasteiger charge is 2.26. The minimum atomic E-state index is -0.797. The van der Waals surface area contributed by atoms with Crippen molar-refractivity contribution in [1.29, 1.82) is 0 Å². The van der Waals surface area contributed by atoms with Gasteiger partial charge >= 0.3 is 0 Å². The average molecular weight is 240 g/mol. The predicted octanol–water partition coefficient (Wildman–Crippen LogP) is 2.53. The van der Waals surface area contributed by atoms with Crippen LogP contribution in [0.4, 0.5) is 14.5 Å². The summed E-state index contributed by atoms with van der Waals surface area (Å²) in [4.78, 5) is 2.07. The van der Waals surface area contributed by atoms with Crippen LogP contribution in [-0.4, -0.2) is 19.1 Å². The Kier molecular flexibility index (Phi) is 3.62. The van der Waals surface area contributed by atoms with Crippen LogP contribution in [0.1, 0.15) is 19.8 Å². The first-order valence-corrected chi connectivity index (χ1v) is 6.07. The Morgan fingerprint density at radius 1 is 1.41 bits per heavy atom. The summed E-state index contributed by atoms with van der Waals surface area (Å²) >= 11 is 0. The lowest BCUT2D eigenvalue weighted by molar-refractivity contribution is 0.447. The molecule has 0 saturated carbocycles. The number of rotatable bonds is 3. The van der Waals surface area contributed by atoms with E-state index in [2.05, 4.69) is 11.8 Å². The maximum atomic E-state index is 13.1. The molecule has 2 N–H and O–H groups in total. The zero-order valence-electron chi connectivity index (χ0n) is 10.00. The molecule has 1 saturated heterocycles. The molecule has 1 aliphatic rings. The van der Waals surface area contributed by atoms with Crippen LogP contribution >= 0.6 is 0 Å². The minimum Gasteiger partial charge on any atom is -0.371 e. The molecule has 2 nitrogen and oxygen atoms in total. The van der Waals surface area contributed by atoms with Crippen LogP contribution < -0.4 is 10.6 Å². The van der Waals surface area contributed by atoms with Gasteiger partial charge in [0.05, 0.1) is 0 Å². The zero-order valence-corrected chi connectivity index (χ0v) is 10.00. The topological polar surface area (TPSA) is 29.3 Å². The molecule has 1 aromatic rings. The van der Waals surface area contributed by atoms with Crippen molar-refractivity contribution < 1.29 is 8.78 Å². The summed E-state index contributed by atoms with van der Waals surface area (Å²) in [6.07, 6.45) is 1.98. The third-order valence-electron chi connectivity index (χ3n) is 3.57. The van der Waals surface area contributed by atoms with Crippen LogP contribution in [-0.2, 0) is 0 Å². The molecule has 2 atom stereocenters. The van der Waals surface area contributed by atoms with E-state index in [1.807, 2.05) is 0 Å². The highest BCUT2D eigenvalue weighted by atomic mass is 19.2. The molecule has 4 heteroatoms. The molecule has 17 heavy (non-hydrogen) atoms. The first-order valence-electron chi connectivity index (χ1n) is 6.07. The Bertz CT molecular complexity index is 395. The molecular formula is C13H18F2N2. The number of nitrogens with two attached hydrogens (primary N) is 1. The lowest BCUT2D eigenvalue weighted by Crippen LogP contribution is -2.31. The smallest absolute Gasteiger partial charge is 0.160 e. The molecule has 0 spiro atoms. The first-order chi connectivity index (χ1) is 8.11. The SMILES string of the molecule is CCC(N)C1CCN(c2ccc(F)c(F)c2)C1. The van der Waals surface area contributed by atoms with Gasteiger partial charge in [-0.05, 0) is 30.9 Å². The Morgan fingerprint density at radius 3 is 2.82 bits per heavy atom. The van der Waals surface area contributed by atoms with Crippen molar-refractivity contribution in [2.45, 2.75) is 25.8 Å². The third kappa shape index (κ3) is 2.57. The van der Waals surface area contributed by atoms with Gasteiger partial charge in [-0.2, -0.15) is 0 Å². The Morgan fingerprint density at radius 2 is 2.18 bits per heavy atom. The van der Waals surface area contributed by atoms with Crippen LogP contribution in [0.25, 0.3) is 0 Å². The summed E-state index contributed by atoms with van der Waals surface area (Å²) in [7, 11) is 0. The Balaban J connectivity index is 2.07. The Labute approximate surface area is 100 Å². The second-order valence-electron chi connectivity index (χ2n) is 4.67. The highest BCUT2D eigenvalue weighted by molar-refractivity contribution is 5.47. The van der Waals surface area contributed by atoms with E-state index in [9.17, 15) is 8.78 Å². The molecular weight excluding hydrogens is 222 g/mol. The normalized spacial score (nSPS) is 21.9. The molecule has 0 amide bonds. The van der Waals surface area contributed by atoms with Gasteiger partial charge in [0.15, 0.2) is 11.6 Å². The van der Waals surface area contributed by atoms with Gasteiger partial charge in [0.25, 0.3) is 0 Å². The van der Waals surface area contributed by atoms with Gasteiger partial charge in [0, 0.05) is 30.9 Å². The molecule has 1 fully saturated rings.